The maximum absolute atomic E-state index is 13.5. The van der Waals surface area contributed by atoms with Crippen LogP contribution < -0.4 is 5.32 Å². The minimum Gasteiger partial charge on any atom is -0.461 e. The van der Waals surface area contributed by atoms with E-state index in [0.29, 0.717) is 29.0 Å². The van der Waals surface area contributed by atoms with Crippen molar-refractivity contribution in [1.29, 1.82) is 0 Å². The maximum atomic E-state index is 13.5. The summed E-state index contributed by atoms with van der Waals surface area (Å²) in [7, 11) is 0. The van der Waals surface area contributed by atoms with Gasteiger partial charge in [0.25, 0.3) is 0 Å². The summed E-state index contributed by atoms with van der Waals surface area (Å²) in [4.78, 5) is 57.2. The molecule has 1 aliphatic rings. The highest BCUT2D eigenvalue weighted by Crippen LogP contribution is 2.31. The Balaban J connectivity index is 1.84. The number of aromatic nitrogens is 3. The van der Waals surface area contributed by atoms with Crippen LogP contribution in [0.2, 0.25) is 0 Å². The second-order valence-electron chi connectivity index (χ2n) is 9.05. The number of hydrogen-bond acceptors (Lipinski definition) is 8. The van der Waals surface area contributed by atoms with Crippen LogP contribution in [0.3, 0.4) is 0 Å². The van der Waals surface area contributed by atoms with Crippen LogP contribution in [0.1, 0.15) is 60.7 Å². The van der Waals surface area contributed by atoms with Crippen molar-refractivity contribution in [2.75, 3.05) is 18.5 Å². The summed E-state index contributed by atoms with van der Waals surface area (Å²) >= 11 is 3.33. The molecule has 2 aromatic heterocycles. The second-order valence-corrected chi connectivity index (χ2v) is 9.87. The molecule has 0 aliphatic carbocycles. The molecule has 1 N–H and O–H groups in total. The molecule has 2 amide bonds. The van der Waals surface area contributed by atoms with Crippen LogP contribution in [-0.4, -0.2) is 68.5 Å². The number of likely N-dealkylation sites (tertiary alicyclic amines) is 1. The predicted molar refractivity (Wildman–Crippen MR) is 142 cm³/mol. The van der Waals surface area contributed by atoms with Crippen LogP contribution in [0.15, 0.2) is 35.5 Å². The van der Waals surface area contributed by atoms with Gasteiger partial charge in [-0.05, 0) is 48.2 Å². The Labute approximate surface area is 229 Å². The number of halogens is 1. The molecule has 0 radical (unpaired) electrons. The minimum atomic E-state index is -0.774. The van der Waals surface area contributed by atoms with Crippen LogP contribution in [0, 0.1) is 5.92 Å². The average Bonchev–Trinajstić information content (AvgIpc) is 3.42. The number of amides is 2. The van der Waals surface area contributed by atoms with Gasteiger partial charge >= 0.3 is 5.97 Å². The lowest BCUT2D eigenvalue weighted by Crippen LogP contribution is -2.48. The van der Waals surface area contributed by atoms with E-state index in [0.717, 1.165) is 4.68 Å². The van der Waals surface area contributed by atoms with Gasteiger partial charge in [0.2, 0.25) is 11.8 Å². The fraction of sp³-hybridized carbons (Fsp3) is 0.462. The third-order valence-corrected chi connectivity index (χ3v) is 6.82. The van der Waals surface area contributed by atoms with E-state index >= 15 is 0 Å². The van der Waals surface area contributed by atoms with Crippen molar-refractivity contribution in [2.45, 2.75) is 59.4 Å². The Morgan fingerprint density at radius 3 is 2.66 bits per heavy atom. The van der Waals surface area contributed by atoms with E-state index in [2.05, 4.69) is 37.9 Å². The zero-order valence-corrected chi connectivity index (χ0v) is 23.5. The summed E-state index contributed by atoms with van der Waals surface area (Å²) in [6.07, 6.45) is 2.07. The molecule has 3 atom stereocenters. The Kier molecular flexibility index (Phi) is 9.92. The quantitative estimate of drug-likeness (QED) is 0.139. The summed E-state index contributed by atoms with van der Waals surface area (Å²) in [5.41, 5.74) is 0.714. The van der Waals surface area contributed by atoms with Crippen molar-refractivity contribution in [1.82, 2.24) is 19.7 Å². The zero-order valence-electron chi connectivity index (χ0n) is 21.9. The molecule has 3 heterocycles. The lowest BCUT2D eigenvalue weighted by Gasteiger charge is -2.28. The standard InChI is InChI=1S/C26H32BrN5O6/c1-6-10-37-14-18-8-9-22(27)28-24(18)29-25(35)20-11-15(3)16(4)32(20)23(34)13-31-21(26(36)38-7-2)12-19(30-31)17(5)33/h6,8-9,12,15-16,20H,1,7,10-11,13-14H2,2-5H3,(H,28,29,35)/t15-,16+,20-/m0/s1. The Morgan fingerprint density at radius 1 is 1.26 bits per heavy atom. The number of pyridine rings is 1. The topological polar surface area (TPSA) is 133 Å². The number of nitrogens with zero attached hydrogens (tertiary/aromatic N) is 4. The van der Waals surface area contributed by atoms with E-state index < -0.39 is 17.9 Å². The van der Waals surface area contributed by atoms with Gasteiger partial charge in [0.05, 0.1) is 19.8 Å². The summed E-state index contributed by atoms with van der Waals surface area (Å²) in [5.74, 6) is -1.48. The molecule has 204 valence electrons. The first-order chi connectivity index (χ1) is 18.1. The summed E-state index contributed by atoms with van der Waals surface area (Å²) in [6.45, 7) is 10.8. The molecule has 11 nitrogen and oxygen atoms in total. The molecule has 12 heteroatoms. The van der Waals surface area contributed by atoms with Gasteiger partial charge in [0.15, 0.2) is 5.78 Å². The van der Waals surface area contributed by atoms with Gasteiger partial charge < -0.3 is 19.7 Å². The van der Waals surface area contributed by atoms with Gasteiger partial charge in [-0.1, -0.05) is 19.1 Å². The number of ketones is 1. The Morgan fingerprint density at radius 2 is 2.00 bits per heavy atom. The lowest BCUT2D eigenvalue weighted by molar-refractivity contribution is -0.139. The fourth-order valence-electron chi connectivity index (χ4n) is 4.28. The van der Waals surface area contributed by atoms with Crippen LogP contribution >= 0.6 is 15.9 Å². The smallest absolute Gasteiger partial charge is 0.356 e. The molecule has 0 saturated carbocycles. The predicted octanol–water partition coefficient (Wildman–Crippen LogP) is 3.39. The first-order valence-corrected chi connectivity index (χ1v) is 13.1. The molecule has 3 rings (SSSR count). The average molecular weight is 590 g/mol. The molecule has 1 aliphatic heterocycles. The molecule has 1 saturated heterocycles. The Hall–Kier alpha value is -3.38. The lowest BCUT2D eigenvalue weighted by atomic mass is 10.0. The highest BCUT2D eigenvalue weighted by molar-refractivity contribution is 9.10. The summed E-state index contributed by atoms with van der Waals surface area (Å²) < 4.78 is 12.3. The van der Waals surface area contributed by atoms with Crippen molar-refractivity contribution in [3.8, 4) is 0 Å². The van der Waals surface area contributed by atoms with Crippen LogP contribution in [0.5, 0.6) is 0 Å². The van der Waals surface area contributed by atoms with Gasteiger partial charge in [-0.2, -0.15) is 5.10 Å². The van der Waals surface area contributed by atoms with Crippen LogP contribution in [-0.2, 0) is 32.2 Å². The number of carbonyl (C=O) groups excluding carboxylic acids is 4. The number of nitrogens with one attached hydrogen (secondary N) is 1. The molecule has 0 spiro atoms. The van der Waals surface area contributed by atoms with E-state index in [1.165, 1.54) is 17.9 Å². The van der Waals surface area contributed by atoms with Gasteiger partial charge in [-0.15, -0.1) is 6.58 Å². The van der Waals surface area contributed by atoms with Crippen molar-refractivity contribution in [2.24, 2.45) is 5.92 Å². The van der Waals surface area contributed by atoms with Crippen molar-refractivity contribution in [3.63, 3.8) is 0 Å². The number of hydrogen-bond donors (Lipinski definition) is 1. The monoisotopic (exact) mass is 589 g/mol. The molecular formula is C26H32BrN5O6. The fourth-order valence-corrected chi connectivity index (χ4v) is 4.59. The van der Waals surface area contributed by atoms with Crippen LogP contribution in [0.25, 0.3) is 0 Å². The normalized spacial score (nSPS) is 18.8. The molecule has 38 heavy (non-hydrogen) atoms. The largest absolute Gasteiger partial charge is 0.461 e. The van der Waals surface area contributed by atoms with E-state index in [1.807, 2.05) is 13.8 Å². The van der Waals surface area contributed by atoms with Crippen molar-refractivity contribution >= 4 is 45.3 Å². The van der Waals surface area contributed by atoms with E-state index in [9.17, 15) is 19.2 Å². The molecule has 0 bridgehead atoms. The molecule has 0 aromatic carbocycles. The highest BCUT2D eigenvalue weighted by atomic mass is 79.9. The van der Waals surface area contributed by atoms with Gasteiger partial charge in [-0.25, -0.2) is 14.5 Å². The van der Waals surface area contributed by atoms with Gasteiger partial charge in [-0.3, -0.25) is 14.4 Å². The summed E-state index contributed by atoms with van der Waals surface area (Å²) in [6, 6.07) is 3.82. The minimum absolute atomic E-state index is 0.00574. The maximum Gasteiger partial charge on any atom is 0.356 e. The first kappa shape index (κ1) is 29.2. The molecule has 0 unspecified atom stereocenters. The SMILES string of the molecule is C=CCOCc1ccc(Br)nc1NC(=O)[C@@H]1C[C@H](C)[C@@H](C)N1C(=O)Cn1nc(C(C)=O)cc1C(=O)OCC. The van der Waals surface area contributed by atoms with Gasteiger partial charge in [0, 0.05) is 24.6 Å². The number of rotatable bonds is 11. The number of Topliss-reactive ketones (excluding diaryl/α,β-unsaturated/α-hetero) is 1. The second kappa shape index (κ2) is 12.9. The van der Waals surface area contributed by atoms with E-state index in [-0.39, 0.29) is 54.8 Å². The van der Waals surface area contributed by atoms with Gasteiger partial charge in [0.1, 0.15) is 34.4 Å². The van der Waals surface area contributed by atoms with E-state index in [4.69, 9.17) is 9.47 Å². The zero-order chi connectivity index (χ0) is 28.0. The number of ether oxygens (including phenoxy) is 2. The number of anilines is 1. The Bertz CT molecular complexity index is 1230. The molecule has 2 aromatic rings. The first-order valence-electron chi connectivity index (χ1n) is 12.3. The third-order valence-electron chi connectivity index (χ3n) is 6.37. The number of carbonyl (C=O) groups is 4. The van der Waals surface area contributed by atoms with E-state index in [1.54, 1.807) is 25.1 Å². The van der Waals surface area contributed by atoms with Crippen molar-refractivity contribution in [3.05, 3.63) is 52.4 Å². The molecular weight excluding hydrogens is 558 g/mol. The van der Waals surface area contributed by atoms with Crippen molar-refractivity contribution < 1.29 is 28.7 Å². The molecule has 1 fully saturated rings. The highest BCUT2D eigenvalue weighted by Gasteiger charge is 2.43. The third kappa shape index (κ3) is 6.73. The van der Waals surface area contributed by atoms with Crippen LogP contribution in [0.4, 0.5) is 5.82 Å². The summed E-state index contributed by atoms with van der Waals surface area (Å²) in [5, 5.41) is 7.00. The number of esters is 1.